The number of hydrogen-bond donors (Lipinski definition) is 1. The second-order valence-corrected chi connectivity index (χ2v) is 7.47. The summed E-state index contributed by atoms with van der Waals surface area (Å²) >= 11 is 0. The molecule has 2 N–H and O–H groups in total. The summed E-state index contributed by atoms with van der Waals surface area (Å²) in [4.78, 5) is 7.27. The standard InChI is InChI=1S/C22H27N3.ClH/c1-16-6-5-9-18(14-16)21-15-20-13-12-19(25(20)22(23)24-21)11-10-17-7-3-2-4-8-17;/h2-9,14,19-21H,10-13,15H2,1H3,(H2,23,24);1H/t19-,20+,21+;/m0./s1. The Labute approximate surface area is 162 Å². The Bertz CT molecular complexity index is 759. The first-order valence-corrected chi connectivity index (χ1v) is 9.43. The summed E-state index contributed by atoms with van der Waals surface area (Å²) < 4.78 is 0. The van der Waals surface area contributed by atoms with E-state index in [9.17, 15) is 0 Å². The highest BCUT2D eigenvalue weighted by atomic mass is 35.5. The van der Waals surface area contributed by atoms with Crippen molar-refractivity contribution in [3.63, 3.8) is 0 Å². The fraction of sp³-hybridized carbons (Fsp3) is 0.409. The lowest BCUT2D eigenvalue weighted by atomic mass is 9.96. The molecule has 0 spiro atoms. The van der Waals surface area contributed by atoms with Gasteiger partial charge in [-0.05, 0) is 50.2 Å². The summed E-state index contributed by atoms with van der Waals surface area (Å²) in [6.07, 6.45) is 5.83. The third kappa shape index (κ3) is 3.88. The van der Waals surface area contributed by atoms with Gasteiger partial charge >= 0.3 is 0 Å². The first-order valence-electron chi connectivity index (χ1n) is 9.43. The molecule has 2 aromatic carbocycles. The van der Waals surface area contributed by atoms with E-state index in [4.69, 9.17) is 10.7 Å². The van der Waals surface area contributed by atoms with Gasteiger partial charge in [-0.3, -0.25) is 0 Å². The molecule has 2 aliphatic rings. The van der Waals surface area contributed by atoms with Crippen molar-refractivity contribution in [3.8, 4) is 0 Å². The zero-order valence-electron chi connectivity index (χ0n) is 15.3. The number of halogens is 1. The smallest absolute Gasteiger partial charge is 0.192 e. The number of aryl methyl sites for hydroxylation is 2. The molecule has 0 saturated carbocycles. The summed E-state index contributed by atoms with van der Waals surface area (Å²) in [5, 5.41) is 0. The number of benzene rings is 2. The number of guanidine groups is 1. The van der Waals surface area contributed by atoms with Gasteiger partial charge in [-0.2, -0.15) is 0 Å². The SMILES string of the molecule is Cc1cccc([C@H]2C[C@H]3CC[C@H](CCc4ccccc4)N3C(N)=N2)c1.Cl. The molecule has 0 amide bonds. The molecule has 1 saturated heterocycles. The molecular weight excluding hydrogens is 342 g/mol. The summed E-state index contributed by atoms with van der Waals surface area (Å²) in [5.74, 6) is 0.748. The Morgan fingerprint density at radius 1 is 1.08 bits per heavy atom. The van der Waals surface area contributed by atoms with Crippen molar-refractivity contribution in [2.45, 2.75) is 57.2 Å². The van der Waals surface area contributed by atoms with Crippen molar-refractivity contribution in [3.05, 3.63) is 71.3 Å². The molecule has 1 fully saturated rings. The number of hydrogen-bond acceptors (Lipinski definition) is 3. The van der Waals surface area contributed by atoms with Crippen molar-refractivity contribution in [1.82, 2.24) is 4.90 Å². The minimum absolute atomic E-state index is 0. The normalized spacial score (nSPS) is 24.6. The summed E-state index contributed by atoms with van der Waals surface area (Å²) in [6.45, 7) is 2.14. The second kappa shape index (κ2) is 8.13. The van der Waals surface area contributed by atoms with E-state index in [-0.39, 0.29) is 18.4 Å². The van der Waals surface area contributed by atoms with Crippen LogP contribution in [-0.4, -0.2) is 22.9 Å². The highest BCUT2D eigenvalue weighted by molar-refractivity contribution is 5.85. The molecule has 3 nitrogen and oxygen atoms in total. The maximum Gasteiger partial charge on any atom is 0.192 e. The van der Waals surface area contributed by atoms with E-state index in [2.05, 4.69) is 66.4 Å². The molecule has 0 unspecified atom stereocenters. The molecule has 4 heteroatoms. The van der Waals surface area contributed by atoms with Crippen LogP contribution in [0.2, 0.25) is 0 Å². The van der Waals surface area contributed by atoms with Crippen LogP contribution < -0.4 is 5.73 Å². The van der Waals surface area contributed by atoms with Gasteiger partial charge in [0.15, 0.2) is 5.96 Å². The van der Waals surface area contributed by atoms with Crippen LogP contribution in [0.25, 0.3) is 0 Å². The van der Waals surface area contributed by atoms with Gasteiger partial charge in [-0.1, -0.05) is 60.2 Å². The Kier molecular flexibility index (Phi) is 5.87. The number of nitrogens with zero attached hydrogens (tertiary/aromatic N) is 2. The predicted octanol–water partition coefficient (Wildman–Crippen LogP) is 4.64. The molecule has 138 valence electrons. The topological polar surface area (TPSA) is 41.6 Å². The van der Waals surface area contributed by atoms with E-state index < -0.39 is 0 Å². The lowest BCUT2D eigenvalue weighted by Gasteiger charge is -2.37. The van der Waals surface area contributed by atoms with Gasteiger partial charge in [0.1, 0.15) is 0 Å². The molecule has 26 heavy (non-hydrogen) atoms. The first-order chi connectivity index (χ1) is 12.2. The van der Waals surface area contributed by atoms with Crippen molar-refractivity contribution < 1.29 is 0 Å². The molecule has 0 bridgehead atoms. The first kappa shape index (κ1) is 18.8. The molecule has 0 aromatic heterocycles. The molecule has 0 radical (unpaired) electrons. The van der Waals surface area contributed by atoms with Gasteiger partial charge in [0.2, 0.25) is 0 Å². The van der Waals surface area contributed by atoms with Crippen molar-refractivity contribution in [2.75, 3.05) is 0 Å². The minimum atomic E-state index is 0. The molecular formula is C22H28ClN3. The van der Waals surface area contributed by atoms with Gasteiger partial charge in [0.05, 0.1) is 6.04 Å². The average Bonchev–Trinajstić information content (AvgIpc) is 3.04. The molecule has 0 aliphatic carbocycles. The average molecular weight is 370 g/mol. The summed E-state index contributed by atoms with van der Waals surface area (Å²) in [6, 6.07) is 20.8. The highest BCUT2D eigenvalue weighted by Crippen LogP contribution is 2.38. The van der Waals surface area contributed by atoms with Crippen LogP contribution in [0.5, 0.6) is 0 Å². The fourth-order valence-electron chi connectivity index (χ4n) is 4.45. The molecule has 2 aromatic rings. The van der Waals surface area contributed by atoms with Crippen LogP contribution >= 0.6 is 12.4 Å². The Balaban J connectivity index is 0.00000196. The maximum atomic E-state index is 6.42. The molecule has 2 heterocycles. The van der Waals surface area contributed by atoms with E-state index >= 15 is 0 Å². The van der Waals surface area contributed by atoms with E-state index in [0.29, 0.717) is 12.1 Å². The van der Waals surface area contributed by atoms with Gasteiger partial charge in [-0.15, -0.1) is 12.4 Å². The molecule has 4 rings (SSSR count). The predicted molar refractivity (Wildman–Crippen MR) is 111 cm³/mol. The molecule has 3 atom stereocenters. The van der Waals surface area contributed by atoms with Gasteiger partial charge in [0, 0.05) is 12.1 Å². The summed E-state index contributed by atoms with van der Waals surface area (Å²) in [7, 11) is 0. The van der Waals surface area contributed by atoms with Crippen molar-refractivity contribution >= 4 is 18.4 Å². The Morgan fingerprint density at radius 2 is 1.88 bits per heavy atom. The molecule has 2 aliphatic heterocycles. The van der Waals surface area contributed by atoms with Gasteiger partial charge in [0.25, 0.3) is 0 Å². The quantitative estimate of drug-likeness (QED) is 0.852. The van der Waals surface area contributed by atoms with Crippen LogP contribution in [0, 0.1) is 6.92 Å². The zero-order valence-corrected chi connectivity index (χ0v) is 16.2. The van der Waals surface area contributed by atoms with E-state index in [1.165, 1.54) is 29.5 Å². The monoisotopic (exact) mass is 369 g/mol. The third-order valence-electron chi connectivity index (χ3n) is 5.70. The Morgan fingerprint density at radius 3 is 2.65 bits per heavy atom. The number of rotatable bonds is 4. The largest absolute Gasteiger partial charge is 0.370 e. The van der Waals surface area contributed by atoms with Crippen LogP contribution in [0.4, 0.5) is 0 Å². The number of aliphatic imine (C=N–C) groups is 1. The van der Waals surface area contributed by atoms with Crippen LogP contribution in [0.3, 0.4) is 0 Å². The van der Waals surface area contributed by atoms with Crippen molar-refractivity contribution in [2.24, 2.45) is 10.7 Å². The lowest BCUT2D eigenvalue weighted by molar-refractivity contribution is 0.256. The third-order valence-corrected chi connectivity index (χ3v) is 5.70. The fourth-order valence-corrected chi connectivity index (χ4v) is 4.45. The van der Waals surface area contributed by atoms with Crippen LogP contribution in [-0.2, 0) is 6.42 Å². The highest BCUT2D eigenvalue weighted by Gasteiger charge is 2.39. The van der Waals surface area contributed by atoms with Gasteiger partial charge < -0.3 is 10.6 Å². The number of nitrogens with two attached hydrogens (primary N) is 1. The van der Waals surface area contributed by atoms with Crippen molar-refractivity contribution in [1.29, 1.82) is 0 Å². The van der Waals surface area contributed by atoms with E-state index in [1.54, 1.807) is 0 Å². The van der Waals surface area contributed by atoms with E-state index in [0.717, 1.165) is 25.2 Å². The number of fused-ring (bicyclic) bond motifs is 1. The summed E-state index contributed by atoms with van der Waals surface area (Å²) in [5.41, 5.74) is 10.4. The zero-order chi connectivity index (χ0) is 17.2. The van der Waals surface area contributed by atoms with Crippen LogP contribution in [0.15, 0.2) is 59.6 Å². The second-order valence-electron chi connectivity index (χ2n) is 7.47. The van der Waals surface area contributed by atoms with E-state index in [1.807, 2.05) is 0 Å². The maximum absolute atomic E-state index is 6.42. The van der Waals surface area contributed by atoms with Crippen LogP contribution in [0.1, 0.15) is 48.4 Å². The van der Waals surface area contributed by atoms with Gasteiger partial charge in [-0.25, -0.2) is 4.99 Å². The lowest BCUT2D eigenvalue weighted by Crippen LogP contribution is -2.48. The minimum Gasteiger partial charge on any atom is -0.370 e. The Hall–Kier alpha value is -2.00.